The zero-order valence-electron chi connectivity index (χ0n) is 8.47. The first-order valence-electron chi connectivity index (χ1n) is 3.83. The van der Waals surface area contributed by atoms with Crippen LogP contribution >= 0.6 is 23.5 Å². The highest BCUT2D eigenvalue weighted by Crippen LogP contribution is 1.73. The summed E-state index contributed by atoms with van der Waals surface area (Å²) < 4.78 is 4.83. The summed E-state index contributed by atoms with van der Waals surface area (Å²) >= 11 is 5.32. The van der Waals surface area contributed by atoms with E-state index in [0.717, 1.165) is 7.11 Å². The van der Waals surface area contributed by atoms with E-state index in [1.807, 2.05) is 0 Å². The van der Waals surface area contributed by atoms with Crippen molar-refractivity contribution in [3.05, 3.63) is 0 Å². The van der Waals surface area contributed by atoms with Gasteiger partial charge in [0.2, 0.25) is 0 Å². The number of hydrogen-bond acceptors (Lipinski definition) is 2. The van der Waals surface area contributed by atoms with Gasteiger partial charge in [-0.1, -0.05) is 19.9 Å². The molecule has 0 saturated heterocycles. The van der Waals surface area contributed by atoms with Crippen molar-refractivity contribution in [2.75, 3.05) is 14.2 Å². The van der Waals surface area contributed by atoms with Crippen LogP contribution in [0.4, 0.5) is 0 Å². The molecule has 0 aliphatic rings. The standard InChI is InChI=1S/C3H10OSi.C2H7ClSi.CH4O.ClH/c1-3-5-4-2;1-2-4-3;1-2;/h3,5H2,1-2H3;2,4H2,1H3;2H,1H3;1H. The van der Waals surface area contributed by atoms with E-state index in [9.17, 15) is 0 Å². The van der Waals surface area contributed by atoms with Gasteiger partial charge < -0.3 is 9.53 Å². The average molecular weight is 253 g/mol. The molecule has 6 heteroatoms. The Balaban J connectivity index is -0.0000000419. The van der Waals surface area contributed by atoms with E-state index in [4.69, 9.17) is 20.6 Å². The first-order chi connectivity index (χ1) is 5.33. The van der Waals surface area contributed by atoms with Gasteiger partial charge in [-0.3, -0.25) is 0 Å². The maximum atomic E-state index is 7.00. The second kappa shape index (κ2) is 40.5. The second-order valence-corrected chi connectivity index (χ2v) is 6.18. The van der Waals surface area contributed by atoms with Crippen molar-refractivity contribution in [1.29, 1.82) is 0 Å². The van der Waals surface area contributed by atoms with Crippen LogP contribution in [0.1, 0.15) is 13.8 Å². The maximum Gasteiger partial charge on any atom is 0.160 e. The third kappa shape index (κ3) is 69.7. The zero-order valence-corrected chi connectivity index (χ0v) is 12.9. The highest BCUT2D eigenvalue weighted by Gasteiger charge is 1.69. The van der Waals surface area contributed by atoms with Gasteiger partial charge in [0.1, 0.15) is 8.83 Å². The van der Waals surface area contributed by atoms with Gasteiger partial charge in [-0.25, -0.2) is 0 Å². The lowest BCUT2D eigenvalue weighted by Crippen LogP contribution is -1.86. The van der Waals surface area contributed by atoms with Crippen molar-refractivity contribution >= 4 is 42.1 Å². The van der Waals surface area contributed by atoms with Gasteiger partial charge in [0, 0.05) is 14.2 Å². The molecule has 0 fully saturated rings. The van der Waals surface area contributed by atoms with Crippen LogP contribution in [0.15, 0.2) is 0 Å². The van der Waals surface area contributed by atoms with Crippen molar-refractivity contribution < 1.29 is 9.53 Å². The Hall–Kier alpha value is 0.934. The van der Waals surface area contributed by atoms with Crippen LogP contribution in [0, 0.1) is 0 Å². The van der Waals surface area contributed by atoms with Gasteiger partial charge in [-0.05, 0) is 6.04 Å². The molecule has 0 heterocycles. The van der Waals surface area contributed by atoms with E-state index in [2.05, 4.69) is 13.8 Å². The summed E-state index contributed by atoms with van der Waals surface area (Å²) in [5, 5.41) is 7.00. The van der Waals surface area contributed by atoms with E-state index in [1.165, 1.54) is 12.1 Å². The molecule has 0 atom stereocenters. The fraction of sp³-hybridized carbons (Fsp3) is 1.00. The van der Waals surface area contributed by atoms with E-state index in [0.29, 0.717) is 0 Å². The largest absolute Gasteiger partial charge is 0.427 e. The second-order valence-electron chi connectivity index (χ2n) is 1.68. The van der Waals surface area contributed by atoms with Gasteiger partial charge in [-0.2, -0.15) is 11.1 Å². The van der Waals surface area contributed by atoms with E-state index in [-0.39, 0.29) is 31.0 Å². The summed E-state index contributed by atoms with van der Waals surface area (Å²) in [6, 6.07) is 2.48. The Morgan fingerprint density at radius 3 is 1.58 bits per heavy atom. The smallest absolute Gasteiger partial charge is 0.160 e. The van der Waals surface area contributed by atoms with E-state index >= 15 is 0 Å². The zero-order chi connectivity index (χ0) is 9.54. The van der Waals surface area contributed by atoms with Crippen molar-refractivity contribution in [1.82, 2.24) is 0 Å². The Morgan fingerprint density at radius 2 is 1.58 bits per heavy atom. The molecular formula is C6H22Cl2O2Si2. The molecular weight excluding hydrogens is 231 g/mol. The Kier molecular flexibility index (Phi) is 77.9. The van der Waals surface area contributed by atoms with Crippen molar-refractivity contribution in [2.45, 2.75) is 25.9 Å². The molecule has 0 aliphatic heterocycles. The lowest BCUT2D eigenvalue weighted by molar-refractivity contribution is 0.399. The molecule has 0 unspecified atom stereocenters. The summed E-state index contributed by atoms with van der Waals surface area (Å²) in [6.45, 7) is 4.26. The van der Waals surface area contributed by atoms with E-state index < -0.39 is 0 Å². The molecule has 0 aliphatic carbocycles. The van der Waals surface area contributed by atoms with Crippen LogP contribution in [0.3, 0.4) is 0 Å². The summed E-state index contributed by atoms with van der Waals surface area (Å²) in [7, 11) is 2.60. The maximum absolute atomic E-state index is 7.00. The minimum atomic E-state index is -0.103. The fourth-order valence-electron chi connectivity index (χ4n) is 0.204. The molecule has 0 aromatic carbocycles. The first-order valence-corrected chi connectivity index (χ1v) is 8.54. The minimum Gasteiger partial charge on any atom is -0.427 e. The van der Waals surface area contributed by atoms with Gasteiger partial charge in [0.25, 0.3) is 0 Å². The third-order valence-electron chi connectivity index (χ3n) is 0.597. The molecule has 0 aromatic heterocycles. The fourth-order valence-corrected chi connectivity index (χ4v) is 0.612. The number of hydrogen-bond donors (Lipinski definition) is 1. The quantitative estimate of drug-likeness (QED) is 0.599. The first kappa shape index (κ1) is 23.1. The molecule has 1 N–H and O–H groups in total. The Bertz CT molecular complexity index is 40.7. The lowest BCUT2D eigenvalue weighted by atomic mass is 11.0. The van der Waals surface area contributed by atoms with Crippen LogP contribution in [0.25, 0.3) is 0 Å². The van der Waals surface area contributed by atoms with Gasteiger partial charge in [-0.15, -0.1) is 12.4 Å². The number of halogens is 2. The third-order valence-corrected chi connectivity index (χ3v) is 2.93. The number of aliphatic hydroxyl groups excluding tert-OH is 1. The summed E-state index contributed by atoms with van der Waals surface area (Å²) in [6.07, 6.45) is 0. The van der Waals surface area contributed by atoms with E-state index in [1.54, 1.807) is 7.11 Å². The SMILES string of the molecule is CC[SiH2]Cl.CC[SiH2]OC.CO.Cl. The molecule has 0 aromatic rings. The predicted octanol–water partition coefficient (Wildman–Crippen LogP) is 0.932. The minimum absolute atomic E-state index is 0. The summed E-state index contributed by atoms with van der Waals surface area (Å²) in [5.74, 6) is 0. The van der Waals surface area contributed by atoms with Crippen LogP contribution in [0.5, 0.6) is 0 Å². The Labute approximate surface area is 91.9 Å². The molecule has 0 bridgehead atoms. The van der Waals surface area contributed by atoms with Crippen LogP contribution in [-0.2, 0) is 4.43 Å². The normalized spacial score (nSPS) is 8.50. The highest BCUT2D eigenvalue weighted by molar-refractivity contribution is 6.93. The van der Waals surface area contributed by atoms with Gasteiger partial charge in [0.05, 0.1) is 0 Å². The number of rotatable bonds is 3. The molecule has 0 saturated carbocycles. The topological polar surface area (TPSA) is 29.5 Å². The molecule has 2 nitrogen and oxygen atoms in total. The molecule has 0 amide bonds. The highest BCUT2D eigenvalue weighted by atomic mass is 35.6. The Morgan fingerprint density at radius 1 is 1.25 bits per heavy atom. The molecule has 0 radical (unpaired) electrons. The average Bonchev–Trinajstić information content (AvgIpc) is 2.10. The molecule has 12 heavy (non-hydrogen) atoms. The summed E-state index contributed by atoms with van der Waals surface area (Å²) in [5.41, 5.74) is 0. The predicted molar refractivity (Wildman–Crippen MR) is 66.3 cm³/mol. The van der Waals surface area contributed by atoms with Gasteiger partial charge in [0.15, 0.2) is 9.76 Å². The van der Waals surface area contributed by atoms with Crippen LogP contribution < -0.4 is 0 Å². The van der Waals surface area contributed by atoms with Crippen molar-refractivity contribution in [3.63, 3.8) is 0 Å². The lowest BCUT2D eigenvalue weighted by Gasteiger charge is -1.83. The van der Waals surface area contributed by atoms with Crippen LogP contribution in [0.2, 0.25) is 12.1 Å². The molecule has 0 spiro atoms. The summed E-state index contributed by atoms with van der Waals surface area (Å²) in [4.78, 5) is 0. The molecule has 0 rings (SSSR count). The monoisotopic (exact) mass is 252 g/mol. The van der Waals surface area contributed by atoms with Crippen molar-refractivity contribution in [3.8, 4) is 0 Å². The number of aliphatic hydroxyl groups is 1. The van der Waals surface area contributed by atoms with Crippen molar-refractivity contribution in [2.24, 2.45) is 0 Å². The van der Waals surface area contributed by atoms with Crippen LogP contribution in [-0.4, -0.2) is 37.9 Å². The van der Waals surface area contributed by atoms with Gasteiger partial charge >= 0.3 is 0 Å². The molecule has 80 valence electrons.